The Morgan fingerprint density at radius 2 is 2.00 bits per heavy atom. The highest BCUT2D eigenvalue weighted by Gasteiger charge is 2.31. The number of thioether (sulfide) groups is 1. The number of esters is 1. The molecule has 1 aliphatic heterocycles. The molecule has 1 aromatic carbocycles. The van der Waals surface area contributed by atoms with Crippen LogP contribution in [0, 0.1) is 6.92 Å². The predicted octanol–water partition coefficient (Wildman–Crippen LogP) is 3.20. The van der Waals surface area contributed by atoms with Gasteiger partial charge in [0.2, 0.25) is 15.8 Å². The average molecular weight is 466 g/mol. The van der Waals surface area contributed by atoms with Gasteiger partial charge in [-0.15, -0.1) is 11.3 Å². The number of hydrogen-bond donors (Lipinski definition) is 0. The molecule has 8 nitrogen and oxygen atoms in total. The molecular weight excluding hydrogens is 446 g/mol. The first-order chi connectivity index (χ1) is 14.5. The molecule has 1 aliphatic rings. The van der Waals surface area contributed by atoms with Crippen LogP contribution in [-0.2, 0) is 21.4 Å². The monoisotopic (exact) mass is 465 g/mol. The third kappa shape index (κ3) is 4.29. The van der Waals surface area contributed by atoms with E-state index in [9.17, 15) is 13.2 Å². The van der Waals surface area contributed by atoms with Crippen LogP contribution in [0.1, 0.15) is 21.1 Å². The first kappa shape index (κ1) is 21.0. The lowest BCUT2D eigenvalue weighted by molar-refractivity contribution is 0.0431. The number of rotatable bonds is 6. The van der Waals surface area contributed by atoms with Gasteiger partial charge in [0.1, 0.15) is 9.77 Å². The largest absolute Gasteiger partial charge is 0.451 e. The summed E-state index contributed by atoms with van der Waals surface area (Å²) in [7, 11) is -3.74. The van der Waals surface area contributed by atoms with E-state index in [0.29, 0.717) is 18.9 Å². The summed E-state index contributed by atoms with van der Waals surface area (Å²) in [4.78, 5) is 16.9. The molecule has 4 rings (SSSR count). The van der Waals surface area contributed by atoms with Crippen molar-refractivity contribution in [3.05, 3.63) is 52.0 Å². The smallest absolute Gasteiger partial charge is 0.350 e. The van der Waals surface area contributed by atoms with E-state index in [1.807, 2.05) is 31.2 Å². The van der Waals surface area contributed by atoms with Gasteiger partial charge in [-0.25, -0.2) is 13.2 Å². The Kier molecular flexibility index (Phi) is 6.23. The van der Waals surface area contributed by atoms with Crippen LogP contribution in [0.15, 0.2) is 45.1 Å². The van der Waals surface area contributed by atoms with Gasteiger partial charge >= 0.3 is 5.97 Å². The molecule has 0 spiro atoms. The molecule has 0 N–H and O–H groups in total. The number of carbonyl (C=O) groups is 1. The standard InChI is InChI=1S/C19H19N3O5S3/c1-13-4-2-3-5-14(13)18-20-16(27-21-18)12-26-19(23)17-15(6-9-29-17)30(24,25)22-7-10-28-11-8-22/h2-6,9H,7-8,10-12H2,1H3. The number of carbonyl (C=O) groups excluding carboxylic acids is 1. The summed E-state index contributed by atoms with van der Waals surface area (Å²) >= 11 is 2.75. The molecule has 0 atom stereocenters. The van der Waals surface area contributed by atoms with E-state index in [1.54, 1.807) is 17.1 Å². The number of thiophene rings is 1. The molecule has 0 unspecified atom stereocenters. The number of aryl methyl sites for hydroxylation is 1. The van der Waals surface area contributed by atoms with Crippen LogP contribution in [0.2, 0.25) is 0 Å². The van der Waals surface area contributed by atoms with Gasteiger partial charge in [0.25, 0.3) is 5.89 Å². The summed E-state index contributed by atoms with van der Waals surface area (Å²) in [5.41, 5.74) is 1.82. The van der Waals surface area contributed by atoms with E-state index in [1.165, 1.54) is 10.4 Å². The molecule has 158 valence electrons. The third-order valence-electron chi connectivity index (χ3n) is 4.58. The van der Waals surface area contributed by atoms with Gasteiger partial charge in [-0.05, 0) is 23.9 Å². The first-order valence-corrected chi connectivity index (χ1v) is 12.7. The molecule has 0 bridgehead atoms. The van der Waals surface area contributed by atoms with E-state index in [0.717, 1.165) is 34.0 Å². The van der Waals surface area contributed by atoms with E-state index >= 15 is 0 Å². The number of nitrogens with zero attached hydrogens (tertiary/aromatic N) is 3. The highest BCUT2D eigenvalue weighted by atomic mass is 32.2. The number of aromatic nitrogens is 2. The Bertz CT molecular complexity index is 1150. The van der Waals surface area contributed by atoms with Gasteiger partial charge in [-0.2, -0.15) is 21.1 Å². The Labute approximate surface area is 182 Å². The zero-order valence-electron chi connectivity index (χ0n) is 16.1. The summed E-state index contributed by atoms with van der Waals surface area (Å²) in [5, 5.41) is 5.50. The molecule has 2 aromatic heterocycles. The minimum Gasteiger partial charge on any atom is -0.451 e. The van der Waals surface area contributed by atoms with E-state index in [4.69, 9.17) is 9.26 Å². The lowest BCUT2D eigenvalue weighted by atomic mass is 10.1. The average Bonchev–Trinajstić information content (AvgIpc) is 3.43. The lowest BCUT2D eigenvalue weighted by Crippen LogP contribution is -2.38. The minimum absolute atomic E-state index is 0.0180. The SMILES string of the molecule is Cc1ccccc1-c1noc(COC(=O)c2sccc2S(=O)(=O)N2CCSCC2)n1. The Morgan fingerprint density at radius 1 is 1.23 bits per heavy atom. The van der Waals surface area contributed by atoms with E-state index in [2.05, 4.69) is 10.1 Å². The maximum atomic E-state index is 12.9. The van der Waals surface area contributed by atoms with Crippen molar-refractivity contribution in [2.24, 2.45) is 0 Å². The molecule has 0 saturated carbocycles. The maximum absolute atomic E-state index is 12.9. The Morgan fingerprint density at radius 3 is 2.77 bits per heavy atom. The fourth-order valence-corrected chi connectivity index (χ4v) is 6.87. The summed E-state index contributed by atoms with van der Waals surface area (Å²) in [6, 6.07) is 9.04. The van der Waals surface area contributed by atoms with E-state index < -0.39 is 16.0 Å². The summed E-state index contributed by atoms with van der Waals surface area (Å²) in [6.07, 6.45) is 0. The van der Waals surface area contributed by atoms with Gasteiger partial charge in [-0.3, -0.25) is 0 Å². The normalized spacial score (nSPS) is 15.2. The van der Waals surface area contributed by atoms with Crippen LogP contribution in [0.3, 0.4) is 0 Å². The second-order valence-corrected chi connectivity index (χ2v) is 10.6. The zero-order chi connectivity index (χ0) is 21.1. The molecule has 11 heteroatoms. The molecule has 3 aromatic rings. The molecule has 1 saturated heterocycles. The second kappa shape index (κ2) is 8.88. The van der Waals surface area contributed by atoms with Crippen molar-refractivity contribution in [1.82, 2.24) is 14.4 Å². The highest BCUT2D eigenvalue weighted by molar-refractivity contribution is 7.99. The maximum Gasteiger partial charge on any atom is 0.350 e. The number of ether oxygens (including phenoxy) is 1. The quantitative estimate of drug-likeness (QED) is 0.512. The van der Waals surface area contributed by atoms with Crippen molar-refractivity contribution in [2.45, 2.75) is 18.4 Å². The zero-order valence-corrected chi connectivity index (χ0v) is 18.6. The third-order valence-corrected chi connectivity index (χ3v) is 8.49. The van der Waals surface area contributed by atoms with Gasteiger partial charge in [0.15, 0.2) is 6.61 Å². The van der Waals surface area contributed by atoms with Gasteiger partial charge in [0, 0.05) is 30.2 Å². The molecule has 1 fully saturated rings. The Balaban J connectivity index is 1.46. The molecule has 0 amide bonds. The number of benzene rings is 1. The van der Waals surface area contributed by atoms with Gasteiger partial charge in [-0.1, -0.05) is 29.4 Å². The topological polar surface area (TPSA) is 103 Å². The molecule has 0 aliphatic carbocycles. The van der Waals surface area contributed by atoms with Crippen LogP contribution in [0.5, 0.6) is 0 Å². The first-order valence-electron chi connectivity index (χ1n) is 9.18. The lowest BCUT2D eigenvalue weighted by Gasteiger charge is -2.25. The van der Waals surface area contributed by atoms with Crippen molar-refractivity contribution < 1.29 is 22.5 Å². The van der Waals surface area contributed by atoms with Crippen molar-refractivity contribution >= 4 is 39.1 Å². The highest BCUT2D eigenvalue weighted by Crippen LogP contribution is 2.28. The van der Waals surface area contributed by atoms with E-state index in [-0.39, 0.29) is 22.3 Å². The van der Waals surface area contributed by atoms with Crippen molar-refractivity contribution in [2.75, 3.05) is 24.6 Å². The van der Waals surface area contributed by atoms with Crippen molar-refractivity contribution in [1.29, 1.82) is 0 Å². The fourth-order valence-electron chi connectivity index (χ4n) is 3.02. The van der Waals surface area contributed by atoms with Crippen LogP contribution in [-0.4, -0.2) is 53.4 Å². The summed E-state index contributed by atoms with van der Waals surface area (Å²) < 4.78 is 37.7. The molecule has 30 heavy (non-hydrogen) atoms. The molecular formula is C19H19N3O5S3. The minimum atomic E-state index is -3.74. The van der Waals surface area contributed by atoms with Crippen molar-refractivity contribution in [3.8, 4) is 11.4 Å². The van der Waals surface area contributed by atoms with Gasteiger partial charge < -0.3 is 9.26 Å². The Hall–Kier alpha value is -2.21. The van der Waals surface area contributed by atoms with Crippen LogP contribution in [0.4, 0.5) is 0 Å². The number of hydrogen-bond acceptors (Lipinski definition) is 9. The summed E-state index contributed by atoms with van der Waals surface area (Å²) in [6.45, 7) is 2.56. The summed E-state index contributed by atoms with van der Waals surface area (Å²) in [5.74, 6) is 1.29. The molecule has 0 radical (unpaired) electrons. The predicted molar refractivity (Wildman–Crippen MR) is 114 cm³/mol. The van der Waals surface area contributed by atoms with Crippen LogP contribution < -0.4 is 0 Å². The number of sulfonamides is 1. The molecule has 3 heterocycles. The fraction of sp³-hybridized carbons (Fsp3) is 0.316. The van der Waals surface area contributed by atoms with Gasteiger partial charge in [0.05, 0.1) is 0 Å². The van der Waals surface area contributed by atoms with Crippen LogP contribution >= 0.6 is 23.1 Å². The second-order valence-electron chi connectivity index (χ2n) is 6.53. The van der Waals surface area contributed by atoms with Crippen LogP contribution in [0.25, 0.3) is 11.4 Å². The van der Waals surface area contributed by atoms with Crippen molar-refractivity contribution in [3.63, 3.8) is 0 Å².